The minimum atomic E-state index is -0.214. The van der Waals surface area contributed by atoms with Crippen molar-refractivity contribution in [2.75, 3.05) is 18.3 Å². The second-order valence-corrected chi connectivity index (χ2v) is 7.36. The molecule has 0 aliphatic heterocycles. The first-order valence-electron chi connectivity index (χ1n) is 8.85. The third-order valence-corrected chi connectivity index (χ3v) is 5.42. The third-order valence-electron chi connectivity index (χ3n) is 4.41. The van der Waals surface area contributed by atoms with Crippen LogP contribution in [0.15, 0.2) is 65.6 Å². The first kappa shape index (κ1) is 19.8. The maximum atomic E-state index is 12.7. The molecule has 1 heterocycles. The molecule has 1 N–H and O–H groups in total. The van der Waals surface area contributed by atoms with Crippen molar-refractivity contribution < 1.29 is 14.3 Å². The number of methoxy groups -OCH3 is 1. The van der Waals surface area contributed by atoms with Crippen LogP contribution in [-0.4, -0.2) is 29.2 Å². The Kier molecular flexibility index (Phi) is 6.21. The molecule has 6 heteroatoms. The number of aryl methyl sites for hydroxylation is 1. The highest BCUT2D eigenvalue weighted by Crippen LogP contribution is 2.23. The monoisotopic (exact) mass is 394 g/mol. The van der Waals surface area contributed by atoms with Gasteiger partial charge in [0.2, 0.25) is 0 Å². The van der Waals surface area contributed by atoms with Crippen molar-refractivity contribution in [3.63, 3.8) is 0 Å². The standard InChI is InChI=1S/C22H22N2O3S/c1-15-13-20(21(25)14-28-19-11-9-18(27-3)10-12-19)16(2)24(15)23-22(26)17-7-5-4-6-8-17/h4-13H,14H2,1-3H3,(H,23,26). The van der Waals surface area contributed by atoms with Crippen LogP contribution in [0.25, 0.3) is 0 Å². The lowest BCUT2D eigenvalue weighted by Gasteiger charge is -2.11. The molecule has 28 heavy (non-hydrogen) atoms. The summed E-state index contributed by atoms with van der Waals surface area (Å²) in [4.78, 5) is 26.1. The first-order valence-corrected chi connectivity index (χ1v) is 9.83. The van der Waals surface area contributed by atoms with E-state index < -0.39 is 0 Å². The van der Waals surface area contributed by atoms with Crippen LogP contribution < -0.4 is 10.2 Å². The highest BCUT2D eigenvalue weighted by atomic mass is 32.2. The van der Waals surface area contributed by atoms with Crippen LogP contribution in [0.2, 0.25) is 0 Å². The van der Waals surface area contributed by atoms with Crippen molar-refractivity contribution >= 4 is 23.5 Å². The predicted octanol–water partition coefficient (Wildman–Crippen LogP) is 4.47. The average molecular weight is 394 g/mol. The van der Waals surface area contributed by atoms with E-state index >= 15 is 0 Å². The van der Waals surface area contributed by atoms with Gasteiger partial charge in [-0.25, -0.2) is 0 Å². The third kappa shape index (κ3) is 4.46. The summed E-state index contributed by atoms with van der Waals surface area (Å²) in [6.45, 7) is 3.70. The number of carbonyl (C=O) groups excluding carboxylic acids is 2. The Morgan fingerprint density at radius 2 is 1.71 bits per heavy atom. The number of ketones is 1. The van der Waals surface area contributed by atoms with E-state index in [-0.39, 0.29) is 11.7 Å². The number of rotatable bonds is 7. The zero-order valence-electron chi connectivity index (χ0n) is 16.1. The largest absolute Gasteiger partial charge is 0.497 e. The molecule has 0 aliphatic carbocycles. The molecule has 0 saturated heterocycles. The Balaban J connectivity index is 1.69. The summed E-state index contributed by atoms with van der Waals surface area (Å²) >= 11 is 1.48. The molecule has 1 amide bonds. The normalized spacial score (nSPS) is 10.5. The molecule has 0 aliphatic rings. The van der Waals surface area contributed by atoms with Gasteiger partial charge < -0.3 is 4.74 Å². The summed E-state index contributed by atoms with van der Waals surface area (Å²) in [6.07, 6.45) is 0. The number of nitrogens with one attached hydrogen (secondary N) is 1. The second kappa shape index (κ2) is 8.80. The van der Waals surface area contributed by atoms with E-state index in [4.69, 9.17) is 4.74 Å². The summed E-state index contributed by atoms with van der Waals surface area (Å²) in [5.41, 5.74) is 5.58. The number of Topliss-reactive ketones (excluding diaryl/α,β-unsaturated/α-hetero) is 1. The van der Waals surface area contributed by atoms with Gasteiger partial charge in [-0.2, -0.15) is 0 Å². The molecule has 144 valence electrons. The average Bonchev–Trinajstić information content (AvgIpc) is 3.01. The molecule has 1 aromatic heterocycles. The maximum Gasteiger partial charge on any atom is 0.270 e. The van der Waals surface area contributed by atoms with Gasteiger partial charge in [0.25, 0.3) is 5.91 Å². The van der Waals surface area contributed by atoms with Gasteiger partial charge in [0.1, 0.15) is 5.75 Å². The number of amides is 1. The molecule has 0 radical (unpaired) electrons. The SMILES string of the molecule is COc1ccc(SCC(=O)c2cc(C)n(NC(=O)c3ccccc3)c2C)cc1. The molecule has 0 atom stereocenters. The van der Waals surface area contributed by atoms with E-state index in [1.165, 1.54) is 11.8 Å². The van der Waals surface area contributed by atoms with Crippen LogP contribution in [-0.2, 0) is 0 Å². The summed E-state index contributed by atoms with van der Waals surface area (Å²) in [5, 5.41) is 0. The van der Waals surface area contributed by atoms with Gasteiger partial charge in [0.15, 0.2) is 5.78 Å². The fourth-order valence-corrected chi connectivity index (χ4v) is 3.65. The molecule has 0 saturated carbocycles. The Bertz CT molecular complexity index is 979. The van der Waals surface area contributed by atoms with Gasteiger partial charge in [-0.1, -0.05) is 18.2 Å². The molecule has 2 aromatic carbocycles. The molecular formula is C22H22N2O3S. The van der Waals surface area contributed by atoms with E-state index in [9.17, 15) is 9.59 Å². The number of hydrogen-bond acceptors (Lipinski definition) is 4. The van der Waals surface area contributed by atoms with Gasteiger partial charge in [-0.15, -0.1) is 11.8 Å². The number of carbonyl (C=O) groups is 2. The van der Waals surface area contributed by atoms with Crippen LogP contribution in [0.5, 0.6) is 5.75 Å². The molecular weight excluding hydrogens is 372 g/mol. The van der Waals surface area contributed by atoms with Crippen molar-refractivity contribution in [2.45, 2.75) is 18.7 Å². The molecule has 0 spiro atoms. The quantitative estimate of drug-likeness (QED) is 0.474. The Labute approximate surface area is 168 Å². The van der Waals surface area contributed by atoms with Crippen molar-refractivity contribution in [1.29, 1.82) is 0 Å². The lowest BCUT2D eigenvalue weighted by Crippen LogP contribution is -2.25. The fourth-order valence-electron chi connectivity index (χ4n) is 2.87. The van der Waals surface area contributed by atoms with Gasteiger partial charge >= 0.3 is 0 Å². The summed E-state index contributed by atoms with van der Waals surface area (Å²) < 4.78 is 6.81. The molecule has 0 fully saturated rings. The maximum absolute atomic E-state index is 12.7. The highest BCUT2D eigenvalue weighted by molar-refractivity contribution is 8.00. The minimum absolute atomic E-state index is 0.0223. The van der Waals surface area contributed by atoms with Crippen molar-refractivity contribution in [3.05, 3.63) is 83.2 Å². The van der Waals surface area contributed by atoms with Gasteiger partial charge in [-0.05, 0) is 56.3 Å². The van der Waals surface area contributed by atoms with Crippen LogP contribution in [0.4, 0.5) is 0 Å². The topological polar surface area (TPSA) is 60.3 Å². The van der Waals surface area contributed by atoms with Gasteiger partial charge in [0.05, 0.1) is 12.9 Å². The van der Waals surface area contributed by atoms with E-state index in [0.29, 0.717) is 16.9 Å². The van der Waals surface area contributed by atoms with Crippen molar-refractivity contribution in [1.82, 2.24) is 4.68 Å². The van der Waals surface area contributed by atoms with Gasteiger partial charge in [0, 0.05) is 27.4 Å². The lowest BCUT2D eigenvalue weighted by molar-refractivity contribution is 0.0999. The Morgan fingerprint density at radius 3 is 2.36 bits per heavy atom. The number of hydrogen-bond donors (Lipinski definition) is 1. The van der Waals surface area contributed by atoms with E-state index in [0.717, 1.165) is 22.0 Å². The minimum Gasteiger partial charge on any atom is -0.497 e. The van der Waals surface area contributed by atoms with Crippen LogP contribution in [0, 0.1) is 13.8 Å². The lowest BCUT2D eigenvalue weighted by atomic mass is 10.2. The number of aromatic nitrogens is 1. The van der Waals surface area contributed by atoms with E-state index in [2.05, 4.69) is 5.43 Å². The fraction of sp³-hybridized carbons (Fsp3) is 0.182. The predicted molar refractivity (Wildman–Crippen MR) is 112 cm³/mol. The molecule has 5 nitrogen and oxygen atoms in total. The number of benzene rings is 2. The number of nitrogens with zero attached hydrogens (tertiary/aromatic N) is 1. The highest BCUT2D eigenvalue weighted by Gasteiger charge is 2.17. The summed E-state index contributed by atoms with van der Waals surface area (Å²) in [5.74, 6) is 0.917. The summed E-state index contributed by atoms with van der Waals surface area (Å²) in [6, 6.07) is 18.4. The van der Waals surface area contributed by atoms with E-state index in [1.807, 2.05) is 62.4 Å². The zero-order valence-corrected chi connectivity index (χ0v) is 16.9. The Morgan fingerprint density at radius 1 is 1.04 bits per heavy atom. The molecule has 0 unspecified atom stereocenters. The number of ether oxygens (including phenoxy) is 1. The van der Waals surface area contributed by atoms with Crippen molar-refractivity contribution in [2.24, 2.45) is 0 Å². The molecule has 3 rings (SSSR count). The molecule has 3 aromatic rings. The van der Waals surface area contributed by atoms with E-state index in [1.54, 1.807) is 23.9 Å². The number of thioether (sulfide) groups is 1. The molecule has 0 bridgehead atoms. The first-order chi connectivity index (χ1) is 13.5. The van der Waals surface area contributed by atoms with Crippen molar-refractivity contribution in [3.8, 4) is 5.75 Å². The zero-order chi connectivity index (χ0) is 20.1. The van der Waals surface area contributed by atoms with Crippen LogP contribution in [0.3, 0.4) is 0 Å². The second-order valence-electron chi connectivity index (χ2n) is 6.31. The summed E-state index contributed by atoms with van der Waals surface area (Å²) in [7, 11) is 1.62. The van der Waals surface area contributed by atoms with Crippen LogP contribution >= 0.6 is 11.8 Å². The smallest absolute Gasteiger partial charge is 0.270 e. The van der Waals surface area contributed by atoms with Crippen LogP contribution in [0.1, 0.15) is 32.1 Å². The Hall–Kier alpha value is -2.99. The van der Waals surface area contributed by atoms with Gasteiger partial charge in [-0.3, -0.25) is 19.7 Å².